The van der Waals surface area contributed by atoms with Crippen molar-refractivity contribution >= 4 is 6.41 Å². The Hall–Kier alpha value is -1.24. The highest BCUT2D eigenvalue weighted by Crippen LogP contribution is 2.05. The number of carbonyl (C=O) groups excluding carboxylic acids is 1. The van der Waals surface area contributed by atoms with Crippen molar-refractivity contribution in [1.82, 2.24) is 0 Å². The minimum Gasteiger partial charge on any atom is -0.275 e. The van der Waals surface area contributed by atoms with Gasteiger partial charge in [0, 0.05) is 0 Å². The summed E-state index contributed by atoms with van der Waals surface area (Å²) < 4.78 is 0. The van der Waals surface area contributed by atoms with Crippen LogP contribution < -0.4 is 0 Å². The van der Waals surface area contributed by atoms with E-state index in [2.05, 4.69) is 10.2 Å². The number of nitriles is 1. The monoisotopic (exact) mass is 125 g/mol. The number of hydrogen-bond acceptors (Lipinski definition) is 3. The highest BCUT2D eigenvalue weighted by atomic mass is 16.1. The molecule has 0 aliphatic heterocycles. The zero-order valence-electron chi connectivity index (χ0n) is 5.33. The molecule has 0 aromatic rings. The van der Waals surface area contributed by atoms with Crippen LogP contribution in [0.2, 0.25) is 0 Å². The second-order valence-corrected chi connectivity index (χ2v) is 1.99. The van der Waals surface area contributed by atoms with E-state index in [1.54, 1.807) is 13.8 Å². The van der Waals surface area contributed by atoms with E-state index < -0.39 is 5.54 Å². The van der Waals surface area contributed by atoms with Crippen molar-refractivity contribution in [3.05, 3.63) is 0 Å². The van der Waals surface area contributed by atoms with Crippen LogP contribution in [0.15, 0.2) is 10.2 Å². The lowest BCUT2D eigenvalue weighted by molar-refractivity contribution is -0.107. The molecule has 0 radical (unpaired) electrons. The predicted molar refractivity (Wildman–Crippen MR) is 30.6 cm³/mol. The van der Waals surface area contributed by atoms with Crippen LogP contribution in [0, 0.1) is 11.3 Å². The molecule has 4 nitrogen and oxygen atoms in total. The third-order valence-corrected chi connectivity index (χ3v) is 0.628. The van der Waals surface area contributed by atoms with Crippen molar-refractivity contribution < 1.29 is 4.79 Å². The van der Waals surface area contributed by atoms with Crippen LogP contribution in [0.4, 0.5) is 0 Å². The fourth-order valence-corrected chi connectivity index (χ4v) is 0.190. The van der Waals surface area contributed by atoms with Gasteiger partial charge in [-0.2, -0.15) is 10.4 Å². The van der Waals surface area contributed by atoms with Gasteiger partial charge in [0.05, 0.1) is 6.07 Å². The fourth-order valence-electron chi connectivity index (χ4n) is 0.190. The zero-order chi connectivity index (χ0) is 7.33. The second kappa shape index (κ2) is 2.92. The highest BCUT2D eigenvalue weighted by Gasteiger charge is 2.13. The van der Waals surface area contributed by atoms with Gasteiger partial charge in [0.25, 0.3) is 6.41 Å². The molecule has 0 saturated heterocycles. The van der Waals surface area contributed by atoms with E-state index >= 15 is 0 Å². The minimum atomic E-state index is -0.874. The first kappa shape index (κ1) is 7.76. The molecule has 0 aromatic heterocycles. The smallest absolute Gasteiger partial charge is 0.252 e. The standard InChI is InChI=1S/C5H7N3O/c1-5(2,3-6)8-7-4-9/h4H,1-2H3. The molecule has 0 heterocycles. The third-order valence-electron chi connectivity index (χ3n) is 0.628. The Morgan fingerprint density at radius 2 is 2.22 bits per heavy atom. The van der Waals surface area contributed by atoms with E-state index in [9.17, 15) is 4.79 Å². The van der Waals surface area contributed by atoms with E-state index in [1.807, 2.05) is 6.07 Å². The molecule has 4 heteroatoms. The number of azo groups is 1. The fraction of sp³-hybridized carbons (Fsp3) is 0.600. The summed E-state index contributed by atoms with van der Waals surface area (Å²) in [6.45, 7) is 3.14. The average Bonchev–Trinajstić information content (AvgIpc) is 1.84. The molecular weight excluding hydrogens is 118 g/mol. The highest BCUT2D eigenvalue weighted by molar-refractivity contribution is 5.46. The Morgan fingerprint density at radius 3 is 2.56 bits per heavy atom. The quantitative estimate of drug-likeness (QED) is 0.406. The second-order valence-electron chi connectivity index (χ2n) is 1.99. The summed E-state index contributed by atoms with van der Waals surface area (Å²) in [7, 11) is 0. The molecule has 0 N–H and O–H groups in total. The van der Waals surface area contributed by atoms with Crippen molar-refractivity contribution in [2.24, 2.45) is 10.2 Å². The van der Waals surface area contributed by atoms with Crippen LogP contribution in [0.5, 0.6) is 0 Å². The minimum absolute atomic E-state index is 0.305. The Morgan fingerprint density at radius 1 is 1.67 bits per heavy atom. The maximum Gasteiger partial charge on any atom is 0.252 e. The van der Waals surface area contributed by atoms with E-state index in [4.69, 9.17) is 5.26 Å². The molecule has 0 rings (SSSR count). The maximum absolute atomic E-state index is 9.60. The molecule has 0 aromatic carbocycles. The number of amides is 1. The van der Waals surface area contributed by atoms with Crippen molar-refractivity contribution in [2.45, 2.75) is 19.4 Å². The van der Waals surface area contributed by atoms with Gasteiger partial charge in [0.2, 0.25) is 0 Å². The van der Waals surface area contributed by atoms with Crippen LogP contribution in [-0.4, -0.2) is 11.9 Å². The van der Waals surface area contributed by atoms with Crippen molar-refractivity contribution in [2.75, 3.05) is 0 Å². The summed E-state index contributed by atoms with van der Waals surface area (Å²) in [4.78, 5) is 9.60. The van der Waals surface area contributed by atoms with Gasteiger partial charge in [-0.15, -0.1) is 5.11 Å². The van der Waals surface area contributed by atoms with Gasteiger partial charge in [-0.1, -0.05) is 0 Å². The summed E-state index contributed by atoms with van der Waals surface area (Å²) in [5, 5.41) is 14.7. The first-order valence-corrected chi connectivity index (χ1v) is 2.39. The number of rotatable bonds is 2. The van der Waals surface area contributed by atoms with Gasteiger partial charge in [0.15, 0.2) is 5.54 Å². The Labute approximate surface area is 53.2 Å². The summed E-state index contributed by atoms with van der Waals surface area (Å²) >= 11 is 0. The van der Waals surface area contributed by atoms with E-state index in [0.717, 1.165) is 0 Å². The molecule has 0 aliphatic rings. The van der Waals surface area contributed by atoms with Crippen LogP contribution >= 0.6 is 0 Å². The molecule has 0 bridgehead atoms. The molecular formula is C5H7N3O. The molecule has 0 spiro atoms. The number of carbonyl (C=O) groups is 1. The number of nitrogens with zero attached hydrogens (tertiary/aromatic N) is 3. The molecule has 0 unspecified atom stereocenters. The molecule has 0 atom stereocenters. The summed E-state index contributed by atoms with van der Waals surface area (Å²) in [5.74, 6) is 0. The first-order valence-electron chi connectivity index (χ1n) is 2.39. The van der Waals surface area contributed by atoms with Gasteiger partial charge in [0.1, 0.15) is 0 Å². The Bertz CT molecular complexity index is 166. The molecule has 1 amide bonds. The normalized spacial score (nSPS) is 11.2. The van der Waals surface area contributed by atoms with E-state index in [-0.39, 0.29) is 0 Å². The summed E-state index contributed by atoms with van der Waals surface area (Å²) in [6.07, 6.45) is 0.305. The van der Waals surface area contributed by atoms with Crippen LogP contribution in [0.3, 0.4) is 0 Å². The molecule has 48 valence electrons. The van der Waals surface area contributed by atoms with Gasteiger partial charge in [-0.05, 0) is 13.8 Å². The molecule has 0 saturated carbocycles. The maximum atomic E-state index is 9.60. The summed E-state index contributed by atoms with van der Waals surface area (Å²) in [5.41, 5.74) is -0.874. The third kappa shape index (κ3) is 3.35. The lowest BCUT2D eigenvalue weighted by Gasteiger charge is -2.02. The topological polar surface area (TPSA) is 65.6 Å². The molecule has 0 aliphatic carbocycles. The van der Waals surface area contributed by atoms with Gasteiger partial charge < -0.3 is 0 Å². The van der Waals surface area contributed by atoms with Crippen LogP contribution in [0.1, 0.15) is 13.8 Å². The van der Waals surface area contributed by atoms with Crippen LogP contribution in [0.25, 0.3) is 0 Å². The largest absolute Gasteiger partial charge is 0.275 e. The average molecular weight is 125 g/mol. The Balaban J connectivity index is 4.05. The summed E-state index contributed by atoms with van der Waals surface area (Å²) in [6, 6.07) is 1.86. The van der Waals surface area contributed by atoms with Gasteiger partial charge in [-0.25, -0.2) is 0 Å². The van der Waals surface area contributed by atoms with Crippen molar-refractivity contribution in [3.8, 4) is 6.07 Å². The van der Waals surface area contributed by atoms with Crippen molar-refractivity contribution in [3.63, 3.8) is 0 Å². The van der Waals surface area contributed by atoms with Crippen molar-refractivity contribution in [1.29, 1.82) is 5.26 Å². The Kier molecular flexibility index (Phi) is 2.52. The van der Waals surface area contributed by atoms with Crippen LogP contribution in [-0.2, 0) is 4.79 Å². The lowest BCUT2D eigenvalue weighted by Crippen LogP contribution is -2.11. The van der Waals surface area contributed by atoms with Gasteiger partial charge >= 0.3 is 0 Å². The molecule has 0 fully saturated rings. The predicted octanol–water partition coefficient (Wildman–Crippen LogP) is 0.897. The van der Waals surface area contributed by atoms with E-state index in [1.165, 1.54) is 0 Å². The molecule has 9 heavy (non-hydrogen) atoms. The first-order chi connectivity index (χ1) is 4.12. The number of hydrogen-bond donors (Lipinski definition) is 0. The lowest BCUT2D eigenvalue weighted by atomic mass is 10.1. The zero-order valence-corrected chi connectivity index (χ0v) is 5.33. The SMILES string of the molecule is CC(C)(C#N)N=NC=O. The van der Waals surface area contributed by atoms with Gasteiger partial charge in [-0.3, -0.25) is 4.79 Å². The van der Waals surface area contributed by atoms with E-state index in [0.29, 0.717) is 6.41 Å².